The number of hydrogen-bond acceptors (Lipinski definition) is 1. The summed E-state index contributed by atoms with van der Waals surface area (Å²) in [6.45, 7) is 4.31. The molecule has 0 bridgehead atoms. The molecule has 1 nitrogen and oxygen atoms in total. The molecule has 0 heterocycles. The van der Waals surface area contributed by atoms with Gasteiger partial charge < -0.3 is 4.74 Å². The summed E-state index contributed by atoms with van der Waals surface area (Å²) in [5, 5.41) is 0. The first-order valence-electron chi connectivity index (χ1n) is 13.5. The van der Waals surface area contributed by atoms with Crippen molar-refractivity contribution in [1.29, 1.82) is 0 Å². The Kier molecular flexibility index (Phi) is 9.40. The molecule has 190 valence electrons. The fourth-order valence-corrected chi connectivity index (χ4v) is 6.04. The van der Waals surface area contributed by atoms with Gasteiger partial charge in [-0.2, -0.15) is 0 Å². The smallest absolute Gasteiger partial charge is 0.166 e. The van der Waals surface area contributed by atoms with Gasteiger partial charge in [-0.05, 0) is 118 Å². The van der Waals surface area contributed by atoms with Crippen molar-refractivity contribution in [1.82, 2.24) is 0 Å². The maximum absolute atomic E-state index is 15.1. The van der Waals surface area contributed by atoms with Gasteiger partial charge in [0.25, 0.3) is 0 Å². The van der Waals surface area contributed by atoms with E-state index in [0.29, 0.717) is 23.7 Å². The molecule has 2 aliphatic carbocycles. The van der Waals surface area contributed by atoms with Crippen molar-refractivity contribution >= 4 is 0 Å². The van der Waals surface area contributed by atoms with Gasteiger partial charge >= 0.3 is 0 Å². The Bertz CT molecular complexity index is 1140. The van der Waals surface area contributed by atoms with Crippen molar-refractivity contribution in [2.45, 2.75) is 71.1 Å². The van der Waals surface area contributed by atoms with Crippen molar-refractivity contribution in [3.05, 3.63) is 89.0 Å². The molecular formula is C33H38F2O. The van der Waals surface area contributed by atoms with Gasteiger partial charge in [-0.3, -0.25) is 0 Å². The average molecular weight is 489 g/mol. The average Bonchev–Trinajstić information content (AvgIpc) is 2.88. The maximum Gasteiger partial charge on any atom is 0.166 e. The van der Waals surface area contributed by atoms with E-state index in [0.717, 1.165) is 36.2 Å². The van der Waals surface area contributed by atoms with E-state index in [1.807, 2.05) is 31.2 Å². The second-order valence-corrected chi connectivity index (χ2v) is 10.4. The standard InChI is InChI=1S/C33H38F2O/c1-3-5-7-8-24-11-14-28-23-29(16-15-27(28)20-24)30-17-12-25(21-31(30)34)9-10-26-13-18-33(32(35)22-26)36-19-6-4-2/h3-6,12-13,17-18,21-22,24,27-29H,7-8,11,14-16,19-20,23H2,1-2H3/b5-3+,6-4+. The van der Waals surface area contributed by atoms with Crippen LogP contribution in [-0.4, -0.2) is 6.61 Å². The van der Waals surface area contributed by atoms with E-state index in [4.69, 9.17) is 4.74 Å². The molecule has 0 amide bonds. The largest absolute Gasteiger partial charge is 0.486 e. The molecule has 0 aromatic heterocycles. The Labute approximate surface area is 215 Å². The molecular weight excluding hydrogens is 450 g/mol. The van der Waals surface area contributed by atoms with Gasteiger partial charge in [-0.25, -0.2) is 8.78 Å². The minimum absolute atomic E-state index is 0.163. The molecule has 0 aliphatic heterocycles. The molecule has 2 fully saturated rings. The third-order valence-electron chi connectivity index (χ3n) is 7.99. The summed E-state index contributed by atoms with van der Waals surface area (Å²) in [5.41, 5.74) is 1.98. The van der Waals surface area contributed by atoms with Crippen LogP contribution in [0, 0.1) is 41.2 Å². The van der Waals surface area contributed by atoms with Crippen LogP contribution >= 0.6 is 0 Å². The monoisotopic (exact) mass is 488 g/mol. The Morgan fingerprint density at radius 2 is 1.53 bits per heavy atom. The zero-order valence-corrected chi connectivity index (χ0v) is 21.6. The summed E-state index contributed by atoms with van der Waals surface area (Å²) >= 11 is 0. The summed E-state index contributed by atoms with van der Waals surface area (Å²) in [6.07, 6.45) is 18.0. The van der Waals surface area contributed by atoms with E-state index >= 15 is 4.39 Å². The Morgan fingerprint density at radius 1 is 0.833 bits per heavy atom. The summed E-state index contributed by atoms with van der Waals surface area (Å²) in [5.74, 6) is 8.25. The fraction of sp³-hybridized carbons (Fsp3) is 0.455. The molecule has 4 unspecified atom stereocenters. The number of allylic oxidation sites excluding steroid dienone is 3. The lowest BCUT2D eigenvalue weighted by atomic mass is 9.63. The zero-order valence-electron chi connectivity index (χ0n) is 21.6. The predicted molar refractivity (Wildman–Crippen MR) is 144 cm³/mol. The Hall–Kier alpha value is -2.86. The molecule has 3 heteroatoms. The highest BCUT2D eigenvalue weighted by Gasteiger charge is 2.36. The van der Waals surface area contributed by atoms with Crippen LogP contribution in [0.15, 0.2) is 60.7 Å². The van der Waals surface area contributed by atoms with E-state index in [-0.39, 0.29) is 11.6 Å². The Balaban J connectivity index is 1.36. The Morgan fingerprint density at radius 3 is 2.25 bits per heavy atom. The topological polar surface area (TPSA) is 9.23 Å². The molecule has 4 atom stereocenters. The number of hydrogen-bond donors (Lipinski definition) is 0. The van der Waals surface area contributed by atoms with Crippen molar-refractivity contribution in [3.63, 3.8) is 0 Å². The SMILES string of the molecule is C/C=C/CCC1CCC2CC(c3ccc(C#Cc4ccc(OC/C=C/C)c(F)c4)cc3F)CCC2C1. The van der Waals surface area contributed by atoms with Gasteiger partial charge in [0.15, 0.2) is 11.6 Å². The third-order valence-corrected chi connectivity index (χ3v) is 7.99. The van der Waals surface area contributed by atoms with Crippen LogP contribution < -0.4 is 4.74 Å². The van der Waals surface area contributed by atoms with E-state index in [1.165, 1.54) is 50.7 Å². The molecule has 2 aromatic rings. The van der Waals surface area contributed by atoms with Gasteiger partial charge in [0, 0.05) is 11.1 Å². The maximum atomic E-state index is 15.1. The van der Waals surface area contributed by atoms with Gasteiger partial charge in [-0.1, -0.05) is 48.6 Å². The fourth-order valence-electron chi connectivity index (χ4n) is 6.04. The summed E-state index contributed by atoms with van der Waals surface area (Å²) < 4.78 is 34.8. The second-order valence-electron chi connectivity index (χ2n) is 10.4. The molecule has 0 radical (unpaired) electrons. The van der Waals surface area contributed by atoms with Gasteiger partial charge in [0.2, 0.25) is 0 Å². The molecule has 4 rings (SSSR count). The zero-order chi connectivity index (χ0) is 25.3. The van der Waals surface area contributed by atoms with Crippen LogP contribution in [0.4, 0.5) is 8.78 Å². The first-order chi connectivity index (χ1) is 17.6. The van der Waals surface area contributed by atoms with E-state index in [2.05, 4.69) is 30.9 Å². The molecule has 0 spiro atoms. The van der Waals surface area contributed by atoms with Crippen LogP contribution in [0.2, 0.25) is 0 Å². The molecule has 0 N–H and O–H groups in total. The highest BCUT2D eigenvalue weighted by Crippen LogP contribution is 2.48. The molecule has 2 aliphatic rings. The van der Waals surface area contributed by atoms with Gasteiger partial charge in [-0.15, -0.1) is 0 Å². The summed E-state index contributed by atoms with van der Waals surface area (Å²) in [6, 6.07) is 10.0. The van der Waals surface area contributed by atoms with E-state index in [1.54, 1.807) is 12.1 Å². The molecule has 36 heavy (non-hydrogen) atoms. The second kappa shape index (κ2) is 12.9. The van der Waals surface area contributed by atoms with Crippen LogP contribution in [0.25, 0.3) is 0 Å². The van der Waals surface area contributed by atoms with Crippen molar-refractivity contribution < 1.29 is 13.5 Å². The number of benzene rings is 2. The van der Waals surface area contributed by atoms with E-state index in [9.17, 15) is 4.39 Å². The van der Waals surface area contributed by atoms with Crippen LogP contribution in [0.1, 0.15) is 87.8 Å². The van der Waals surface area contributed by atoms with Crippen LogP contribution in [0.3, 0.4) is 0 Å². The minimum Gasteiger partial charge on any atom is -0.486 e. The molecule has 2 aromatic carbocycles. The quantitative estimate of drug-likeness (QED) is 0.279. The normalized spacial score (nSPS) is 23.9. The van der Waals surface area contributed by atoms with Crippen LogP contribution in [0.5, 0.6) is 5.75 Å². The van der Waals surface area contributed by atoms with Crippen molar-refractivity contribution in [3.8, 4) is 17.6 Å². The summed E-state index contributed by atoms with van der Waals surface area (Å²) in [7, 11) is 0. The summed E-state index contributed by atoms with van der Waals surface area (Å²) in [4.78, 5) is 0. The lowest BCUT2D eigenvalue weighted by Crippen LogP contribution is -2.30. The number of fused-ring (bicyclic) bond motifs is 1. The number of rotatable bonds is 7. The molecule has 0 saturated heterocycles. The van der Waals surface area contributed by atoms with Gasteiger partial charge in [0.05, 0.1) is 0 Å². The molecule has 2 saturated carbocycles. The number of halogens is 2. The lowest BCUT2D eigenvalue weighted by molar-refractivity contribution is 0.114. The first-order valence-corrected chi connectivity index (χ1v) is 13.5. The highest BCUT2D eigenvalue weighted by molar-refractivity contribution is 5.46. The minimum atomic E-state index is -0.449. The van der Waals surface area contributed by atoms with E-state index < -0.39 is 5.82 Å². The third kappa shape index (κ3) is 6.88. The van der Waals surface area contributed by atoms with Crippen molar-refractivity contribution in [2.75, 3.05) is 6.61 Å². The highest BCUT2D eigenvalue weighted by atomic mass is 19.1. The lowest BCUT2D eigenvalue weighted by Gasteiger charge is -2.42. The van der Waals surface area contributed by atoms with Gasteiger partial charge in [0.1, 0.15) is 12.4 Å². The number of ether oxygens (including phenoxy) is 1. The van der Waals surface area contributed by atoms with Crippen LogP contribution in [-0.2, 0) is 0 Å². The predicted octanol–water partition coefficient (Wildman–Crippen LogP) is 8.98. The van der Waals surface area contributed by atoms with Crippen molar-refractivity contribution in [2.24, 2.45) is 17.8 Å². The first kappa shape index (κ1) is 26.2.